The zero-order valence-corrected chi connectivity index (χ0v) is 26.9. The molecule has 5 nitrogen and oxygen atoms in total. The average Bonchev–Trinajstić information content (AvgIpc) is 3.44. The van der Waals surface area contributed by atoms with Crippen molar-refractivity contribution in [2.75, 3.05) is 54.1 Å². The minimum Gasteiger partial charge on any atom is -0.493 e. The van der Waals surface area contributed by atoms with Crippen LogP contribution in [0.5, 0.6) is 17.2 Å². The van der Waals surface area contributed by atoms with Crippen LogP contribution in [0.3, 0.4) is 0 Å². The van der Waals surface area contributed by atoms with Gasteiger partial charge in [-0.25, -0.2) is 0 Å². The first-order valence-corrected chi connectivity index (χ1v) is 16.1. The highest BCUT2D eigenvalue weighted by atomic mass is 32.1. The first-order chi connectivity index (χ1) is 19.9. The molecule has 224 valence electrons. The van der Waals surface area contributed by atoms with Gasteiger partial charge in [-0.05, 0) is 81.2 Å². The summed E-state index contributed by atoms with van der Waals surface area (Å²) in [4.78, 5) is 8.25. The third kappa shape index (κ3) is 8.97. The topological polar surface area (TPSA) is 34.2 Å². The molecule has 0 radical (unpaired) electrons. The van der Waals surface area contributed by atoms with Gasteiger partial charge in [0, 0.05) is 48.0 Å². The molecule has 1 aromatic heterocycles. The molecular weight excluding hydrogens is 528 g/mol. The Morgan fingerprint density at radius 2 is 1.37 bits per heavy atom. The number of thiophene rings is 1. The van der Waals surface area contributed by atoms with Crippen LogP contribution >= 0.6 is 11.3 Å². The first-order valence-electron chi connectivity index (χ1n) is 15.3. The van der Waals surface area contributed by atoms with Crippen molar-refractivity contribution in [2.45, 2.75) is 59.4 Å². The lowest BCUT2D eigenvalue weighted by Crippen LogP contribution is -2.46. The van der Waals surface area contributed by atoms with Crippen LogP contribution in [-0.4, -0.2) is 63.9 Å². The average molecular weight is 579 g/mol. The number of rotatable bonds is 15. The second-order valence-electron chi connectivity index (χ2n) is 11.8. The van der Waals surface area contributed by atoms with Gasteiger partial charge < -0.3 is 19.1 Å². The van der Waals surface area contributed by atoms with E-state index in [-0.39, 0.29) is 0 Å². The molecule has 41 heavy (non-hydrogen) atoms. The largest absolute Gasteiger partial charge is 0.493 e. The maximum Gasteiger partial charge on any atom is 0.203 e. The molecule has 2 aromatic carbocycles. The molecule has 1 atom stereocenters. The fourth-order valence-corrected chi connectivity index (χ4v) is 6.93. The predicted octanol–water partition coefficient (Wildman–Crippen LogP) is 7.28. The molecule has 2 heterocycles. The highest BCUT2D eigenvalue weighted by Gasteiger charge is 2.22. The van der Waals surface area contributed by atoms with Crippen molar-refractivity contribution < 1.29 is 14.2 Å². The Hall–Kier alpha value is -2.54. The summed E-state index contributed by atoms with van der Waals surface area (Å²) in [7, 11) is 5.03. The highest BCUT2D eigenvalue weighted by molar-refractivity contribution is 7.11. The molecule has 0 bridgehead atoms. The van der Waals surface area contributed by atoms with E-state index in [2.05, 4.69) is 73.0 Å². The summed E-state index contributed by atoms with van der Waals surface area (Å²) in [6.45, 7) is 13.4. The molecule has 1 aliphatic heterocycles. The fraction of sp³-hybridized carbons (Fsp3) is 0.543. The zero-order chi connectivity index (χ0) is 29.2. The van der Waals surface area contributed by atoms with E-state index >= 15 is 0 Å². The molecule has 1 unspecified atom stereocenters. The van der Waals surface area contributed by atoms with Gasteiger partial charge in [0.05, 0.1) is 21.3 Å². The van der Waals surface area contributed by atoms with Crippen LogP contribution in [0.4, 0.5) is 0 Å². The number of benzene rings is 2. The molecule has 6 heteroatoms. The number of aryl methyl sites for hydroxylation is 4. The molecule has 0 amide bonds. The van der Waals surface area contributed by atoms with Gasteiger partial charge in [-0.1, -0.05) is 49.7 Å². The number of methoxy groups -OCH3 is 3. The van der Waals surface area contributed by atoms with E-state index in [9.17, 15) is 0 Å². The van der Waals surface area contributed by atoms with Crippen molar-refractivity contribution in [1.82, 2.24) is 9.80 Å². The summed E-state index contributed by atoms with van der Waals surface area (Å²) >= 11 is 2.02. The lowest BCUT2D eigenvalue weighted by atomic mass is 9.88. The quantitative estimate of drug-likeness (QED) is 0.189. The van der Waals surface area contributed by atoms with Crippen molar-refractivity contribution in [3.63, 3.8) is 0 Å². The number of hydrogen-bond donors (Lipinski definition) is 0. The molecule has 0 spiro atoms. The van der Waals surface area contributed by atoms with Gasteiger partial charge in [0.1, 0.15) is 0 Å². The smallest absolute Gasteiger partial charge is 0.203 e. The maximum atomic E-state index is 5.71. The highest BCUT2D eigenvalue weighted by Crippen LogP contribution is 2.40. The number of hydrogen-bond acceptors (Lipinski definition) is 6. The second kappa shape index (κ2) is 15.6. The minimum absolute atomic E-state index is 0.673. The molecule has 0 saturated carbocycles. The van der Waals surface area contributed by atoms with Crippen LogP contribution in [0.2, 0.25) is 0 Å². The molecule has 1 saturated heterocycles. The van der Waals surface area contributed by atoms with Crippen LogP contribution in [-0.2, 0) is 25.8 Å². The van der Waals surface area contributed by atoms with Gasteiger partial charge in [0.25, 0.3) is 0 Å². The summed E-state index contributed by atoms with van der Waals surface area (Å²) in [5.41, 5.74) is 3.92. The molecule has 1 aliphatic rings. The van der Waals surface area contributed by atoms with Crippen LogP contribution in [0.1, 0.15) is 53.1 Å². The van der Waals surface area contributed by atoms with Crippen LogP contribution in [0.15, 0.2) is 48.5 Å². The van der Waals surface area contributed by atoms with Crippen molar-refractivity contribution in [3.05, 3.63) is 75.0 Å². The summed E-state index contributed by atoms with van der Waals surface area (Å²) in [6.07, 6.45) is 6.05. The van der Waals surface area contributed by atoms with Crippen molar-refractivity contribution >= 4 is 11.3 Å². The molecule has 0 N–H and O–H groups in total. The van der Waals surface area contributed by atoms with E-state index in [0.717, 1.165) is 68.7 Å². The Morgan fingerprint density at radius 3 is 2.00 bits per heavy atom. The number of piperazine rings is 1. The number of ether oxygens (including phenoxy) is 3. The van der Waals surface area contributed by atoms with Gasteiger partial charge in [-0.2, -0.15) is 0 Å². The molecule has 0 aliphatic carbocycles. The van der Waals surface area contributed by atoms with E-state index in [4.69, 9.17) is 14.2 Å². The Labute approximate surface area is 252 Å². The van der Waals surface area contributed by atoms with E-state index in [1.54, 1.807) is 26.2 Å². The van der Waals surface area contributed by atoms with Gasteiger partial charge >= 0.3 is 0 Å². The third-order valence-electron chi connectivity index (χ3n) is 8.66. The Balaban J connectivity index is 1.20. The lowest BCUT2D eigenvalue weighted by molar-refractivity contribution is 0.117. The Morgan fingerprint density at radius 1 is 0.707 bits per heavy atom. The van der Waals surface area contributed by atoms with E-state index < -0.39 is 0 Å². The van der Waals surface area contributed by atoms with Crippen molar-refractivity contribution in [2.24, 2.45) is 11.8 Å². The summed E-state index contributed by atoms with van der Waals surface area (Å²) in [5.74, 6) is 3.64. The Bertz CT molecular complexity index is 1200. The van der Waals surface area contributed by atoms with E-state index in [0.29, 0.717) is 11.5 Å². The van der Waals surface area contributed by atoms with Gasteiger partial charge in [-0.3, -0.25) is 4.90 Å². The maximum absolute atomic E-state index is 5.71. The van der Waals surface area contributed by atoms with Crippen LogP contribution in [0.25, 0.3) is 0 Å². The summed E-state index contributed by atoms with van der Waals surface area (Å²) in [5, 5.41) is 0. The van der Waals surface area contributed by atoms with E-state index in [1.807, 2.05) is 17.4 Å². The molecule has 3 aromatic rings. The SMILES string of the molecule is COc1ccc(CN2CCN(CCC(CCc3ccc(CCc4ccc(C)cc4)s3)C(C)C)CC2)c(OC)c1OC. The monoisotopic (exact) mass is 578 g/mol. The second-order valence-corrected chi connectivity index (χ2v) is 13.0. The van der Waals surface area contributed by atoms with Gasteiger partial charge in [0.2, 0.25) is 5.75 Å². The van der Waals surface area contributed by atoms with E-state index in [1.165, 1.54) is 41.8 Å². The normalized spacial score (nSPS) is 15.3. The molecule has 4 rings (SSSR count). The standard InChI is InChI=1S/C35H50N2O3S/c1-26(2)29(12-15-32-17-16-31(41-32)14-11-28-9-7-27(3)8-10-28)19-20-36-21-23-37(24-22-36)25-30-13-18-33(38-4)35(40-6)34(30)39-5/h7-10,13,16-18,26,29H,11-12,14-15,19-25H2,1-6H3. The van der Waals surface area contributed by atoms with Gasteiger partial charge in [-0.15, -0.1) is 11.3 Å². The predicted molar refractivity (Wildman–Crippen MR) is 172 cm³/mol. The van der Waals surface area contributed by atoms with Crippen LogP contribution < -0.4 is 14.2 Å². The first kappa shape index (κ1) is 31.4. The zero-order valence-electron chi connectivity index (χ0n) is 26.1. The lowest BCUT2D eigenvalue weighted by Gasteiger charge is -2.36. The summed E-state index contributed by atoms with van der Waals surface area (Å²) < 4.78 is 16.7. The fourth-order valence-electron chi connectivity index (χ4n) is 5.90. The molecule has 1 fully saturated rings. The summed E-state index contributed by atoms with van der Waals surface area (Å²) in [6, 6.07) is 17.8. The van der Waals surface area contributed by atoms with Crippen LogP contribution in [0, 0.1) is 18.8 Å². The minimum atomic E-state index is 0.673. The van der Waals surface area contributed by atoms with Crippen molar-refractivity contribution in [1.29, 1.82) is 0 Å². The number of nitrogens with zero attached hydrogens (tertiary/aromatic N) is 2. The molecular formula is C35H50N2O3S. The van der Waals surface area contributed by atoms with Crippen molar-refractivity contribution in [3.8, 4) is 17.2 Å². The van der Waals surface area contributed by atoms with Gasteiger partial charge in [0.15, 0.2) is 11.5 Å². The third-order valence-corrected chi connectivity index (χ3v) is 9.87. The Kier molecular flexibility index (Phi) is 12.0.